The van der Waals surface area contributed by atoms with Gasteiger partial charge in [0.25, 0.3) is 5.56 Å². The zero-order valence-corrected chi connectivity index (χ0v) is 15.2. The highest BCUT2D eigenvalue weighted by Gasteiger charge is 2.31. The molecule has 1 aromatic carbocycles. The first-order valence-corrected chi connectivity index (χ1v) is 8.60. The second-order valence-corrected chi connectivity index (χ2v) is 7.43. The summed E-state index contributed by atoms with van der Waals surface area (Å²) in [5.74, 6) is 0.596. The molecule has 1 aliphatic heterocycles. The molecule has 126 valence electrons. The average molecular weight is 391 g/mol. The standard InChI is InChI=1S/C18H19BrN2O3/c1-18(2)10-12-4-3-5-14(17(12)24-18)20-15(22)8-9-21-11-13(19)6-7-16(21)23/h3-7,11H,8-10H2,1-2H3,(H,20,22). The van der Waals surface area contributed by atoms with Crippen molar-refractivity contribution in [1.82, 2.24) is 4.57 Å². The third-order valence-corrected chi connectivity index (χ3v) is 4.36. The van der Waals surface area contributed by atoms with E-state index in [-0.39, 0.29) is 23.5 Å². The third kappa shape index (κ3) is 3.70. The van der Waals surface area contributed by atoms with E-state index in [1.165, 1.54) is 10.6 Å². The molecule has 6 heteroatoms. The van der Waals surface area contributed by atoms with E-state index in [1.807, 2.05) is 32.0 Å². The fraction of sp³-hybridized carbons (Fsp3) is 0.333. The fourth-order valence-electron chi connectivity index (χ4n) is 2.83. The van der Waals surface area contributed by atoms with E-state index in [1.54, 1.807) is 12.3 Å². The molecule has 0 radical (unpaired) electrons. The van der Waals surface area contributed by atoms with Gasteiger partial charge in [0, 0.05) is 41.7 Å². The number of rotatable bonds is 4. The number of amides is 1. The van der Waals surface area contributed by atoms with Crippen LogP contribution in [0.4, 0.5) is 5.69 Å². The van der Waals surface area contributed by atoms with Gasteiger partial charge in [-0.3, -0.25) is 9.59 Å². The Morgan fingerprint density at radius 1 is 1.33 bits per heavy atom. The zero-order chi connectivity index (χ0) is 17.3. The van der Waals surface area contributed by atoms with Gasteiger partial charge in [0.05, 0.1) is 5.69 Å². The summed E-state index contributed by atoms with van der Waals surface area (Å²) in [6, 6.07) is 8.93. The normalized spacial score (nSPS) is 14.8. The molecule has 2 heterocycles. The van der Waals surface area contributed by atoms with Crippen LogP contribution < -0.4 is 15.6 Å². The Bertz CT molecular complexity index is 842. The van der Waals surface area contributed by atoms with Crippen molar-refractivity contribution in [2.75, 3.05) is 5.32 Å². The van der Waals surface area contributed by atoms with Crippen molar-refractivity contribution in [1.29, 1.82) is 0 Å². The Kier molecular flexibility index (Phi) is 4.49. The predicted molar refractivity (Wildman–Crippen MR) is 96.5 cm³/mol. The van der Waals surface area contributed by atoms with E-state index in [0.29, 0.717) is 12.2 Å². The van der Waals surface area contributed by atoms with E-state index >= 15 is 0 Å². The molecule has 2 aromatic rings. The molecule has 3 rings (SSSR count). The van der Waals surface area contributed by atoms with Gasteiger partial charge in [-0.15, -0.1) is 0 Å². The number of hydrogen-bond donors (Lipinski definition) is 1. The van der Waals surface area contributed by atoms with Crippen molar-refractivity contribution in [2.45, 2.75) is 38.8 Å². The van der Waals surface area contributed by atoms with Gasteiger partial charge in [0.15, 0.2) is 0 Å². The molecule has 0 bridgehead atoms. The van der Waals surface area contributed by atoms with Crippen LogP contribution in [-0.2, 0) is 17.8 Å². The molecule has 0 aliphatic carbocycles. The Hall–Kier alpha value is -2.08. The van der Waals surface area contributed by atoms with Gasteiger partial charge in [-0.2, -0.15) is 0 Å². The van der Waals surface area contributed by atoms with Crippen molar-refractivity contribution in [2.24, 2.45) is 0 Å². The molecule has 0 spiro atoms. The van der Waals surface area contributed by atoms with Crippen LogP contribution >= 0.6 is 15.9 Å². The second kappa shape index (κ2) is 6.43. The van der Waals surface area contributed by atoms with Crippen molar-refractivity contribution in [3.63, 3.8) is 0 Å². The van der Waals surface area contributed by atoms with Crippen molar-refractivity contribution in [3.8, 4) is 5.75 Å². The Labute approximate surface area is 148 Å². The summed E-state index contributed by atoms with van der Waals surface area (Å²) >= 11 is 3.32. The molecule has 24 heavy (non-hydrogen) atoms. The van der Waals surface area contributed by atoms with Gasteiger partial charge in [0.2, 0.25) is 5.91 Å². The van der Waals surface area contributed by atoms with Gasteiger partial charge in [-0.1, -0.05) is 12.1 Å². The number of aromatic nitrogens is 1. The lowest BCUT2D eigenvalue weighted by Crippen LogP contribution is -2.25. The summed E-state index contributed by atoms with van der Waals surface area (Å²) in [4.78, 5) is 24.0. The second-order valence-electron chi connectivity index (χ2n) is 6.51. The van der Waals surface area contributed by atoms with Gasteiger partial charge < -0.3 is 14.6 Å². The number of carbonyl (C=O) groups is 1. The van der Waals surface area contributed by atoms with Crippen LogP contribution in [0.2, 0.25) is 0 Å². The molecule has 1 aliphatic rings. The Balaban J connectivity index is 1.68. The molecular formula is C18H19BrN2O3. The summed E-state index contributed by atoms with van der Waals surface area (Å²) in [6.07, 6.45) is 2.71. The molecule has 0 fully saturated rings. The molecule has 1 aromatic heterocycles. The van der Waals surface area contributed by atoms with E-state index < -0.39 is 0 Å². The molecule has 0 saturated carbocycles. The number of aryl methyl sites for hydroxylation is 1. The number of para-hydroxylation sites is 1. The topological polar surface area (TPSA) is 60.3 Å². The van der Waals surface area contributed by atoms with Crippen molar-refractivity contribution < 1.29 is 9.53 Å². The number of ether oxygens (including phenoxy) is 1. The lowest BCUT2D eigenvalue weighted by molar-refractivity contribution is -0.116. The number of hydrogen-bond acceptors (Lipinski definition) is 3. The molecule has 5 nitrogen and oxygen atoms in total. The Morgan fingerprint density at radius 2 is 2.12 bits per heavy atom. The van der Waals surface area contributed by atoms with E-state index in [2.05, 4.69) is 21.2 Å². The highest BCUT2D eigenvalue weighted by atomic mass is 79.9. The minimum atomic E-state index is -0.257. The number of nitrogens with one attached hydrogen (secondary N) is 1. The Morgan fingerprint density at radius 3 is 2.92 bits per heavy atom. The maximum Gasteiger partial charge on any atom is 0.250 e. The quantitative estimate of drug-likeness (QED) is 0.870. The summed E-state index contributed by atoms with van der Waals surface area (Å²) in [5, 5.41) is 2.89. The van der Waals surface area contributed by atoms with Crippen LogP contribution in [0.5, 0.6) is 5.75 Å². The summed E-state index contributed by atoms with van der Waals surface area (Å²) < 4.78 is 8.27. The molecule has 1 N–H and O–H groups in total. The van der Waals surface area contributed by atoms with Gasteiger partial charge >= 0.3 is 0 Å². The monoisotopic (exact) mass is 390 g/mol. The molecule has 1 amide bonds. The van der Waals surface area contributed by atoms with Crippen LogP contribution in [-0.4, -0.2) is 16.1 Å². The van der Waals surface area contributed by atoms with Crippen LogP contribution in [0.1, 0.15) is 25.8 Å². The fourth-order valence-corrected chi connectivity index (χ4v) is 3.20. The highest BCUT2D eigenvalue weighted by molar-refractivity contribution is 9.10. The SMILES string of the molecule is CC1(C)Cc2cccc(NC(=O)CCn3cc(Br)ccc3=O)c2O1. The van der Waals surface area contributed by atoms with Crippen LogP contribution in [0.25, 0.3) is 0 Å². The number of pyridine rings is 1. The van der Waals surface area contributed by atoms with E-state index in [9.17, 15) is 9.59 Å². The van der Waals surface area contributed by atoms with Gasteiger partial charge in [-0.25, -0.2) is 0 Å². The number of fused-ring (bicyclic) bond motifs is 1. The zero-order valence-electron chi connectivity index (χ0n) is 13.6. The first-order chi connectivity index (χ1) is 11.3. The number of anilines is 1. The van der Waals surface area contributed by atoms with Gasteiger partial charge in [-0.05, 0) is 41.9 Å². The lowest BCUT2D eigenvalue weighted by atomic mass is 10.0. The minimum absolute atomic E-state index is 0.128. The van der Waals surface area contributed by atoms with Crippen LogP contribution in [0, 0.1) is 0 Å². The number of benzene rings is 1. The third-order valence-electron chi connectivity index (χ3n) is 3.89. The van der Waals surface area contributed by atoms with Crippen molar-refractivity contribution in [3.05, 3.63) is 56.9 Å². The predicted octanol–water partition coefficient (Wildman–Crippen LogP) is 3.35. The highest BCUT2D eigenvalue weighted by Crippen LogP contribution is 2.40. The van der Waals surface area contributed by atoms with Crippen molar-refractivity contribution >= 4 is 27.5 Å². The lowest BCUT2D eigenvalue weighted by Gasteiger charge is -2.18. The van der Waals surface area contributed by atoms with E-state index in [4.69, 9.17) is 4.74 Å². The minimum Gasteiger partial charge on any atom is -0.485 e. The summed E-state index contributed by atoms with van der Waals surface area (Å²) in [6.45, 7) is 4.38. The van der Waals surface area contributed by atoms with E-state index in [0.717, 1.165) is 22.2 Å². The van der Waals surface area contributed by atoms with Crippen LogP contribution in [0.3, 0.4) is 0 Å². The number of nitrogens with zero attached hydrogens (tertiary/aromatic N) is 1. The molecule has 0 atom stereocenters. The maximum atomic E-state index is 12.2. The first-order valence-electron chi connectivity index (χ1n) is 7.81. The molecule has 0 unspecified atom stereocenters. The van der Waals surface area contributed by atoms with Gasteiger partial charge in [0.1, 0.15) is 11.4 Å². The maximum absolute atomic E-state index is 12.2. The van der Waals surface area contributed by atoms with Crippen LogP contribution in [0.15, 0.2) is 45.8 Å². The average Bonchev–Trinajstić information content (AvgIpc) is 2.83. The largest absolute Gasteiger partial charge is 0.485 e. The number of halogens is 1. The summed E-state index contributed by atoms with van der Waals surface area (Å²) in [7, 11) is 0. The first kappa shape index (κ1) is 16.8. The molecule has 0 saturated heterocycles. The smallest absolute Gasteiger partial charge is 0.250 e. The molecular weight excluding hydrogens is 372 g/mol. The summed E-state index contributed by atoms with van der Waals surface area (Å²) in [5.41, 5.74) is 1.40. The number of carbonyl (C=O) groups excluding carboxylic acids is 1.